The molecular formula is C25H27NO7. The maximum atomic E-state index is 12.6. The minimum atomic E-state index is -1.04. The molecule has 2 aromatic carbocycles. The molecule has 0 bridgehead atoms. The lowest BCUT2D eigenvalue weighted by molar-refractivity contribution is -0.148. The van der Waals surface area contributed by atoms with Gasteiger partial charge in [-0.3, -0.25) is 0 Å². The van der Waals surface area contributed by atoms with E-state index >= 15 is 0 Å². The summed E-state index contributed by atoms with van der Waals surface area (Å²) in [7, 11) is 0. The molecule has 33 heavy (non-hydrogen) atoms. The zero-order valence-electron chi connectivity index (χ0n) is 18.1. The van der Waals surface area contributed by atoms with Gasteiger partial charge in [-0.2, -0.15) is 0 Å². The molecule has 1 aliphatic carbocycles. The number of carbonyl (C=O) groups is 2. The third-order valence-electron chi connectivity index (χ3n) is 5.71. The Balaban J connectivity index is 1.40. The van der Waals surface area contributed by atoms with Gasteiger partial charge in [-0.15, -0.1) is 0 Å². The number of amides is 1. The molecule has 3 atom stereocenters. The highest BCUT2D eigenvalue weighted by Crippen LogP contribution is 2.44. The van der Waals surface area contributed by atoms with Crippen LogP contribution in [-0.4, -0.2) is 62.0 Å². The van der Waals surface area contributed by atoms with Gasteiger partial charge >= 0.3 is 12.1 Å². The van der Waals surface area contributed by atoms with Crippen LogP contribution in [0.2, 0.25) is 0 Å². The molecule has 1 saturated heterocycles. The second-order valence-electron chi connectivity index (χ2n) is 7.88. The monoisotopic (exact) mass is 453 g/mol. The topological polar surface area (TPSA) is 103 Å². The van der Waals surface area contributed by atoms with Crippen molar-refractivity contribution in [3.63, 3.8) is 0 Å². The van der Waals surface area contributed by atoms with Crippen LogP contribution in [-0.2, 0) is 23.7 Å². The molecule has 1 heterocycles. The van der Waals surface area contributed by atoms with E-state index < -0.39 is 30.5 Å². The molecule has 0 radical (unpaired) electrons. The quantitative estimate of drug-likeness (QED) is 0.445. The highest BCUT2D eigenvalue weighted by molar-refractivity contribution is 5.82. The van der Waals surface area contributed by atoms with E-state index in [9.17, 15) is 14.7 Å². The van der Waals surface area contributed by atoms with Gasteiger partial charge < -0.3 is 29.4 Å². The van der Waals surface area contributed by atoms with Gasteiger partial charge in [0, 0.05) is 12.3 Å². The predicted octanol–water partition coefficient (Wildman–Crippen LogP) is 2.75. The van der Waals surface area contributed by atoms with Crippen molar-refractivity contribution in [1.82, 2.24) is 5.32 Å². The lowest BCUT2D eigenvalue weighted by atomic mass is 9.98. The van der Waals surface area contributed by atoms with Crippen LogP contribution in [0.3, 0.4) is 0 Å². The lowest BCUT2D eigenvalue weighted by Gasteiger charge is -2.21. The second-order valence-corrected chi connectivity index (χ2v) is 7.88. The third kappa shape index (κ3) is 5.24. The Labute approximate surface area is 192 Å². The first-order valence-electron chi connectivity index (χ1n) is 10.9. The molecule has 1 amide bonds. The summed E-state index contributed by atoms with van der Waals surface area (Å²) < 4.78 is 21.6. The summed E-state index contributed by atoms with van der Waals surface area (Å²) in [4.78, 5) is 25.1. The van der Waals surface area contributed by atoms with Gasteiger partial charge in [-0.25, -0.2) is 9.59 Å². The number of nitrogens with one attached hydrogen (secondary N) is 1. The number of ether oxygens (including phenoxy) is 4. The van der Waals surface area contributed by atoms with Crippen LogP contribution in [0.4, 0.5) is 4.79 Å². The van der Waals surface area contributed by atoms with Gasteiger partial charge in [0.15, 0.2) is 6.29 Å². The molecule has 8 heteroatoms. The van der Waals surface area contributed by atoms with Crippen LogP contribution < -0.4 is 5.32 Å². The van der Waals surface area contributed by atoms with Crippen LogP contribution in [0.15, 0.2) is 61.2 Å². The third-order valence-corrected chi connectivity index (χ3v) is 5.71. The maximum absolute atomic E-state index is 12.6. The minimum absolute atomic E-state index is 0.00729. The Hall–Kier alpha value is -3.20. The van der Waals surface area contributed by atoms with Crippen molar-refractivity contribution in [3.8, 4) is 11.1 Å². The van der Waals surface area contributed by atoms with Crippen molar-refractivity contribution in [3.05, 3.63) is 72.3 Å². The van der Waals surface area contributed by atoms with E-state index in [1.807, 2.05) is 36.4 Å². The SMILES string of the molecule is C=CCOC(=O)[C@H](CC1OCC(CO)O1)NC(=O)OCC1c2ccccc2-c2ccccc21. The number of esters is 1. The molecule has 8 nitrogen and oxygen atoms in total. The fourth-order valence-corrected chi connectivity index (χ4v) is 4.16. The number of aliphatic hydroxyl groups excluding tert-OH is 1. The predicted molar refractivity (Wildman–Crippen MR) is 119 cm³/mol. The molecule has 0 aromatic heterocycles. The van der Waals surface area contributed by atoms with Gasteiger partial charge in [0.1, 0.15) is 25.4 Å². The highest BCUT2D eigenvalue weighted by Gasteiger charge is 2.34. The van der Waals surface area contributed by atoms with Crippen molar-refractivity contribution in [2.45, 2.75) is 30.8 Å². The molecule has 2 aromatic rings. The zero-order chi connectivity index (χ0) is 23.2. The Morgan fingerprint density at radius 2 is 1.79 bits per heavy atom. The molecule has 2 aliphatic rings. The Morgan fingerprint density at radius 1 is 1.12 bits per heavy atom. The van der Waals surface area contributed by atoms with Crippen LogP contribution in [0.25, 0.3) is 11.1 Å². The molecule has 2 N–H and O–H groups in total. The van der Waals surface area contributed by atoms with E-state index in [-0.39, 0.29) is 38.8 Å². The highest BCUT2D eigenvalue weighted by atomic mass is 16.7. The standard InChI is InChI=1S/C25H27NO7/c1-2-11-30-24(28)22(12-23-31-14-16(13-27)33-23)26-25(29)32-15-21-19-9-5-3-7-17(19)18-8-4-6-10-20(18)21/h2-10,16,21-23,27H,1,11-15H2,(H,26,29)/t16?,22-,23?/m0/s1. The number of fused-ring (bicyclic) bond motifs is 3. The molecule has 174 valence electrons. The zero-order valence-corrected chi connectivity index (χ0v) is 18.1. The molecule has 0 spiro atoms. The van der Waals surface area contributed by atoms with E-state index in [0.717, 1.165) is 22.3 Å². The van der Waals surface area contributed by atoms with Crippen LogP contribution in [0.1, 0.15) is 23.5 Å². The fraction of sp³-hybridized carbons (Fsp3) is 0.360. The number of alkyl carbamates (subject to hydrolysis) is 1. The first kappa shape index (κ1) is 23.0. The van der Waals surface area contributed by atoms with E-state index in [2.05, 4.69) is 24.0 Å². The summed E-state index contributed by atoms with van der Waals surface area (Å²) in [6.07, 6.45) is -0.496. The average Bonchev–Trinajstić information content (AvgIpc) is 3.43. The van der Waals surface area contributed by atoms with Crippen LogP contribution >= 0.6 is 0 Å². The number of aliphatic hydroxyl groups is 1. The van der Waals surface area contributed by atoms with Crippen LogP contribution in [0.5, 0.6) is 0 Å². The number of hydrogen-bond donors (Lipinski definition) is 2. The first-order chi connectivity index (χ1) is 16.1. The van der Waals surface area contributed by atoms with E-state index in [0.29, 0.717) is 0 Å². The van der Waals surface area contributed by atoms with Gasteiger partial charge in [0.2, 0.25) is 0 Å². The van der Waals surface area contributed by atoms with Crippen molar-refractivity contribution >= 4 is 12.1 Å². The smallest absolute Gasteiger partial charge is 0.407 e. The number of hydrogen-bond acceptors (Lipinski definition) is 7. The molecule has 1 fully saturated rings. The molecule has 4 rings (SSSR count). The first-order valence-corrected chi connectivity index (χ1v) is 10.9. The number of benzene rings is 2. The molecule has 1 aliphatic heterocycles. The summed E-state index contributed by atoms with van der Waals surface area (Å²) in [6.45, 7) is 3.67. The Morgan fingerprint density at radius 3 is 2.39 bits per heavy atom. The fourth-order valence-electron chi connectivity index (χ4n) is 4.16. The summed E-state index contributed by atoms with van der Waals surface area (Å²) in [5.41, 5.74) is 4.44. The van der Waals surface area contributed by atoms with Gasteiger partial charge in [0.25, 0.3) is 0 Å². The van der Waals surface area contributed by atoms with Gasteiger partial charge in [-0.05, 0) is 22.3 Å². The number of rotatable bonds is 9. The largest absolute Gasteiger partial charge is 0.460 e. The second kappa shape index (κ2) is 10.6. The van der Waals surface area contributed by atoms with Crippen molar-refractivity contribution in [1.29, 1.82) is 0 Å². The molecular weight excluding hydrogens is 426 g/mol. The van der Waals surface area contributed by atoms with Crippen molar-refractivity contribution < 1.29 is 33.6 Å². The summed E-state index contributed by atoms with van der Waals surface area (Å²) in [5, 5.41) is 11.8. The van der Waals surface area contributed by atoms with Gasteiger partial charge in [-0.1, -0.05) is 61.2 Å². The van der Waals surface area contributed by atoms with E-state index in [4.69, 9.17) is 18.9 Å². The lowest BCUT2D eigenvalue weighted by Crippen LogP contribution is -2.44. The minimum Gasteiger partial charge on any atom is -0.460 e. The Bertz CT molecular complexity index is 962. The maximum Gasteiger partial charge on any atom is 0.407 e. The Kier molecular flexibility index (Phi) is 7.39. The molecule has 0 saturated carbocycles. The van der Waals surface area contributed by atoms with Crippen molar-refractivity contribution in [2.24, 2.45) is 0 Å². The summed E-state index contributed by atoms with van der Waals surface area (Å²) in [5.74, 6) is -0.746. The van der Waals surface area contributed by atoms with Crippen LogP contribution in [0, 0.1) is 0 Å². The van der Waals surface area contributed by atoms with E-state index in [1.54, 1.807) is 0 Å². The number of carbonyl (C=O) groups excluding carboxylic acids is 2. The average molecular weight is 453 g/mol. The summed E-state index contributed by atoms with van der Waals surface area (Å²) in [6, 6.07) is 15.0. The van der Waals surface area contributed by atoms with Crippen molar-refractivity contribution in [2.75, 3.05) is 26.4 Å². The van der Waals surface area contributed by atoms with E-state index in [1.165, 1.54) is 6.08 Å². The summed E-state index contributed by atoms with van der Waals surface area (Å²) >= 11 is 0. The normalized spacial score (nSPS) is 19.9. The van der Waals surface area contributed by atoms with Gasteiger partial charge in [0.05, 0.1) is 13.2 Å². The molecule has 2 unspecified atom stereocenters.